The molecule has 31 heavy (non-hydrogen) atoms. The molecule has 3 aromatic rings. The Bertz CT molecular complexity index is 1120. The smallest absolute Gasteiger partial charge is 0.234 e. The van der Waals surface area contributed by atoms with E-state index in [-0.39, 0.29) is 17.7 Å². The zero-order chi connectivity index (χ0) is 22.5. The average Bonchev–Trinajstić information content (AvgIpc) is 3.16. The second-order valence-corrected chi connectivity index (χ2v) is 8.91. The molecule has 2 aromatic carbocycles. The van der Waals surface area contributed by atoms with Crippen molar-refractivity contribution >= 4 is 46.6 Å². The van der Waals surface area contributed by atoms with E-state index >= 15 is 0 Å². The van der Waals surface area contributed by atoms with Gasteiger partial charge in [-0.25, -0.2) is 0 Å². The van der Waals surface area contributed by atoms with Crippen molar-refractivity contribution in [2.75, 3.05) is 25.2 Å². The van der Waals surface area contributed by atoms with Crippen molar-refractivity contribution in [3.63, 3.8) is 0 Å². The summed E-state index contributed by atoms with van der Waals surface area (Å²) >= 11 is 13.3. The van der Waals surface area contributed by atoms with Crippen molar-refractivity contribution < 1.29 is 9.69 Å². The monoisotopic (exact) mass is 475 g/mol. The third kappa shape index (κ3) is 5.57. The quantitative estimate of drug-likeness (QED) is 0.511. The van der Waals surface area contributed by atoms with Gasteiger partial charge < -0.3 is 10.2 Å². The fourth-order valence-electron chi connectivity index (χ4n) is 2.78. The van der Waals surface area contributed by atoms with Gasteiger partial charge in [-0.2, -0.15) is 5.26 Å². The molecule has 3 rings (SSSR count). The summed E-state index contributed by atoms with van der Waals surface area (Å²) in [4.78, 5) is 13.7. The molecule has 1 atom stereocenters. The molecule has 0 saturated carbocycles. The summed E-state index contributed by atoms with van der Waals surface area (Å²) in [6.07, 6.45) is 0. The van der Waals surface area contributed by atoms with E-state index in [0.717, 1.165) is 11.5 Å². The minimum atomic E-state index is -0.276. The van der Waals surface area contributed by atoms with Crippen molar-refractivity contribution in [1.82, 2.24) is 14.8 Å². The third-order valence-electron chi connectivity index (χ3n) is 4.71. The van der Waals surface area contributed by atoms with Gasteiger partial charge in [-0.15, -0.1) is 10.2 Å². The molecule has 1 amide bonds. The molecule has 7 nitrogen and oxygen atoms in total. The number of hydrogen-bond acceptors (Lipinski definition) is 5. The summed E-state index contributed by atoms with van der Waals surface area (Å²) in [6.45, 7) is 2.06. The molecule has 10 heteroatoms. The Morgan fingerprint density at radius 3 is 2.52 bits per heavy atom. The number of nitriles is 1. The number of hydrogen-bond donors (Lipinski definition) is 2. The van der Waals surface area contributed by atoms with E-state index in [0.29, 0.717) is 26.5 Å². The van der Waals surface area contributed by atoms with Crippen molar-refractivity contribution in [3.05, 3.63) is 63.9 Å². The highest BCUT2D eigenvalue weighted by Gasteiger charge is 2.24. The zero-order valence-corrected chi connectivity index (χ0v) is 19.5. The lowest BCUT2D eigenvalue weighted by atomic mass is 10.2. The lowest BCUT2D eigenvalue weighted by molar-refractivity contribution is -0.890. The SMILES string of the molecule is C[C@H](c1nnc(SCC(=O)Nc2cc(Cl)ccc2C#N)n1-c1ccc(Cl)cc1)[NH+](C)C. The maximum atomic E-state index is 12.5. The predicted octanol–water partition coefficient (Wildman–Crippen LogP) is 3.38. The molecule has 0 aliphatic rings. The Morgan fingerprint density at radius 2 is 1.87 bits per heavy atom. The largest absolute Gasteiger partial charge is 0.331 e. The van der Waals surface area contributed by atoms with E-state index in [4.69, 9.17) is 23.2 Å². The van der Waals surface area contributed by atoms with Gasteiger partial charge in [0.05, 0.1) is 31.1 Å². The van der Waals surface area contributed by atoms with Gasteiger partial charge in [0.25, 0.3) is 0 Å². The third-order valence-corrected chi connectivity index (χ3v) is 6.12. The van der Waals surface area contributed by atoms with Gasteiger partial charge in [0.15, 0.2) is 11.0 Å². The molecule has 0 radical (unpaired) electrons. The first-order valence-corrected chi connectivity index (χ1v) is 11.2. The highest BCUT2D eigenvalue weighted by molar-refractivity contribution is 7.99. The van der Waals surface area contributed by atoms with Gasteiger partial charge in [0.2, 0.25) is 5.91 Å². The van der Waals surface area contributed by atoms with Gasteiger partial charge in [0.1, 0.15) is 12.1 Å². The topological polar surface area (TPSA) is 88.0 Å². The van der Waals surface area contributed by atoms with Gasteiger partial charge >= 0.3 is 0 Å². The predicted molar refractivity (Wildman–Crippen MR) is 123 cm³/mol. The van der Waals surface area contributed by atoms with E-state index in [1.807, 2.05) is 36.9 Å². The van der Waals surface area contributed by atoms with Gasteiger partial charge in [-0.1, -0.05) is 35.0 Å². The normalized spacial score (nSPS) is 11.9. The Labute approximate surface area is 195 Å². The van der Waals surface area contributed by atoms with Crippen molar-refractivity contribution in [1.29, 1.82) is 5.26 Å². The Hall–Kier alpha value is -2.57. The minimum absolute atomic E-state index is 0.0796. The summed E-state index contributed by atoms with van der Waals surface area (Å²) in [7, 11) is 4.09. The summed E-state index contributed by atoms with van der Waals surface area (Å²) in [5.41, 5.74) is 1.59. The number of rotatable bonds is 7. The van der Waals surface area contributed by atoms with Crippen LogP contribution in [0.1, 0.15) is 24.4 Å². The van der Waals surface area contributed by atoms with Crippen LogP contribution in [0.2, 0.25) is 10.0 Å². The first kappa shape index (κ1) is 23.1. The van der Waals surface area contributed by atoms with Gasteiger partial charge in [-0.05, 0) is 49.4 Å². The molecular weight excluding hydrogens is 455 g/mol. The van der Waals surface area contributed by atoms with Crippen LogP contribution in [0.25, 0.3) is 5.69 Å². The highest BCUT2D eigenvalue weighted by Crippen LogP contribution is 2.26. The first-order valence-electron chi connectivity index (χ1n) is 9.43. The van der Waals surface area contributed by atoms with Crippen LogP contribution in [0.5, 0.6) is 0 Å². The van der Waals surface area contributed by atoms with E-state index in [1.165, 1.54) is 16.7 Å². The number of halogens is 2. The number of carbonyl (C=O) groups is 1. The van der Waals surface area contributed by atoms with Gasteiger partial charge in [0, 0.05) is 15.7 Å². The van der Waals surface area contributed by atoms with E-state index in [2.05, 4.69) is 22.4 Å². The number of anilines is 1. The molecule has 0 aliphatic carbocycles. The average molecular weight is 476 g/mol. The lowest BCUT2D eigenvalue weighted by Crippen LogP contribution is -3.05. The number of amides is 1. The van der Waals surface area contributed by atoms with E-state index in [9.17, 15) is 10.1 Å². The van der Waals surface area contributed by atoms with Crippen LogP contribution in [0, 0.1) is 11.3 Å². The fourth-order valence-corrected chi connectivity index (χ4v) is 3.84. The molecule has 1 aromatic heterocycles. The molecule has 2 N–H and O–H groups in total. The molecule has 0 unspecified atom stereocenters. The maximum Gasteiger partial charge on any atom is 0.234 e. The molecule has 160 valence electrons. The van der Waals surface area contributed by atoms with Crippen LogP contribution in [0.15, 0.2) is 47.6 Å². The molecule has 0 fully saturated rings. The first-order chi connectivity index (χ1) is 14.8. The van der Waals surface area contributed by atoms with E-state index < -0.39 is 0 Å². The van der Waals surface area contributed by atoms with Crippen LogP contribution in [-0.4, -0.2) is 40.5 Å². The molecule has 1 heterocycles. The van der Waals surface area contributed by atoms with E-state index in [1.54, 1.807) is 30.3 Å². The van der Waals surface area contributed by atoms with Crippen molar-refractivity contribution in [2.24, 2.45) is 0 Å². The second-order valence-electron chi connectivity index (χ2n) is 7.09. The molecular formula is C21H21Cl2N6OS+. The molecule has 0 saturated heterocycles. The number of quaternary nitrogens is 1. The van der Waals surface area contributed by atoms with Gasteiger partial charge in [-0.3, -0.25) is 9.36 Å². The molecule has 0 bridgehead atoms. The standard InChI is InChI=1S/C21H20Cl2N6OS/c1-13(28(2)3)20-26-27-21(29(20)17-8-6-15(22)7-9-17)31-12-19(30)25-18-10-16(23)5-4-14(18)11-24/h4-10,13H,12H2,1-3H3,(H,25,30)/p+1/t13-/m1/s1. The summed E-state index contributed by atoms with van der Waals surface area (Å²) in [5, 5.41) is 22.3. The number of carbonyl (C=O) groups excluding carboxylic acids is 1. The molecule has 0 spiro atoms. The van der Waals surface area contributed by atoms with Crippen molar-refractivity contribution in [2.45, 2.75) is 18.1 Å². The van der Waals surface area contributed by atoms with Crippen LogP contribution in [-0.2, 0) is 4.79 Å². The van der Waals surface area contributed by atoms with Crippen molar-refractivity contribution in [3.8, 4) is 11.8 Å². The number of benzene rings is 2. The second kappa shape index (κ2) is 10.2. The maximum absolute atomic E-state index is 12.5. The zero-order valence-electron chi connectivity index (χ0n) is 17.2. The Kier molecular flexibility index (Phi) is 7.57. The summed E-state index contributed by atoms with van der Waals surface area (Å²) < 4.78 is 1.94. The van der Waals surface area contributed by atoms with Crippen LogP contribution < -0.4 is 10.2 Å². The summed E-state index contributed by atoms with van der Waals surface area (Å²) in [6, 6.07) is 14.2. The van der Waals surface area contributed by atoms with Crippen LogP contribution in [0.4, 0.5) is 5.69 Å². The molecule has 0 aliphatic heterocycles. The van der Waals surface area contributed by atoms with Crippen LogP contribution in [0.3, 0.4) is 0 Å². The number of nitrogens with one attached hydrogen (secondary N) is 2. The highest BCUT2D eigenvalue weighted by atomic mass is 35.5. The Morgan fingerprint density at radius 1 is 1.19 bits per heavy atom. The number of aromatic nitrogens is 3. The lowest BCUT2D eigenvalue weighted by Gasteiger charge is -2.18. The number of thioether (sulfide) groups is 1. The minimum Gasteiger partial charge on any atom is -0.331 e. The van der Waals surface area contributed by atoms with Crippen LogP contribution >= 0.6 is 35.0 Å². The Balaban J connectivity index is 1.83. The fraction of sp³-hybridized carbons (Fsp3) is 0.238. The summed E-state index contributed by atoms with van der Waals surface area (Å²) in [5.74, 6) is 0.598. The number of nitrogens with zero attached hydrogens (tertiary/aromatic N) is 4.